The van der Waals surface area contributed by atoms with Crippen LogP contribution in [-0.4, -0.2) is 0 Å². The monoisotopic (exact) mass is 161 g/mol. The van der Waals surface area contributed by atoms with E-state index < -0.39 is 0 Å². The van der Waals surface area contributed by atoms with E-state index in [1.807, 2.05) is 25.1 Å². The van der Waals surface area contributed by atoms with E-state index in [9.17, 15) is 0 Å². The van der Waals surface area contributed by atoms with Crippen LogP contribution < -0.4 is 5.73 Å². The molecule has 1 rings (SSSR count). The Morgan fingerprint density at radius 2 is 2.17 bits per heavy atom. The van der Waals surface area contributed by atoms with E-state index in [0.29, 0.717) is 5.92 Å². The molecular formula is C11H15N. The highest BCUT2D eigenvalue weighted by Crippen LogP contribution is 2.24. The molecule has 0 radical (unpaired) electrons. The van der Waals surface area contributed by atoms with E-state index in [1.165, 1.54) is 5.56 Å². The molecule has 1 unspecified atom stereocenters. The molecule has 0 fully saturated rings. The quantitative estimate of drug-likeness (QED) is 0.524. The highest BCUT2D eigenvalue weighted by Gasteiger charge is 2.05. The summed E-state index contributed by atoms with van der Waals surface area (Å²) >= 11 is 0. The van der Waals surface area contributed by atoms with Gasteiger partial charge in [0, 0.05) is 11.6 Å². The van der Waals surface area contributed by atoms with Gasteiger partial charge in [0.1, 0.15) is 0 Å². The topological polar surface area (TPSA) is 26.0 Å². The number of aryl methyl sites for hydroxylation is 1. The third-order valence-electron chi connectivity index (χ3n) is 2.20. The third-order valence-corrected chi connectivity index (χ3v) is 2.20. The Balaban J connectivity index is 3.15. The summed E-state index contributed by atoms with van der Waals surface area (Å²) in [6, 6.07) is 6.10. The molecule has 0 aromatic heterocycles. The second-order valence-corrected chi connectivity index (χ2v) is 3.10. The molecule has 1 atom stereocenters. The second kappa shape index (κ2) is 3.44. The van der Waals surface area contributed by atoms with Crippen LogP contribution in [0.5, 0.6) is 0 Å². The predicted molar refractivity (Wildman–Crippen MR) is 54.2 cm³/mol. The van der Waals surface area contributed by atoms with Gasteiger partial charge in [-0.2, -0.15) is 0 Å². The summed E-state index contributed by atoms with van der Waals surface area (Å²) in [5.41, 5.74) is 9.12. The van der Waals surface area contributed by atoms with Crippen molar-refractivity contribution in [3.8, 4) is 0 Å². The Morgan fingerprint density at radius 1 is 1.50 bits per heavy atom. The maximum atomic E-state index is 5.91. The van der Waals surface area contributed by atoms with Crippen molar-refractivity contribution in [2.24, 2.45) is 0 Å². The molecule has 1 nitrogen and oxygen atoms in total. The minimum absolute atomic E-state index is 0.338. The van der Waals surface area contributed by atoms with Gasteiger partial charge in [-0.05, 0) is 18.1 Å². The lowest BCUT2D eigenvalue weighted by atomic mass is 9.97. The van der Waals surface area contributed by atoms with Crippen LogP contribution in [0.1, 0.15) is 24.0 Å². The smallest absolute Gasteiger partial charge is 0.0382 e. The number of hydrogen-bond donors (Lipinski definition) is 1. The van der Waals surface area contributed by atoms with Crippen molar-refractivity contribution in [3.63, 3.8) is 0 Å². The van der Waals surface area contributed by atoms with Crippen LogP contribution in [0.25, 0.3) is 0 Å². The first-order chi connectivity index (χ1) is 5.66. The first-order valence-corrected chi connectivity index (χ1v) is 4.14. The second-order valence-electron chi connectivity index (χ2n) is 3.10. The van der Waals surface area contributed by atoms with E-state index in [0.717, 1.165) is 11.3 Å². The summed E-state index contributed by atoms with van der Waals surface area (Å²) in [6.45, 7) is 7.87. The maximum absolute atomic E-state index is 5.91. The molecule has 1 aromatic carbocycles. The number of nitrogen functional groups attached to an aromatic ring is 1. The first kappa shape index (κ1) is 8.85. The minimum Gasteiger partial charge on any atom is -0.398 e. The lowest BCUT2D eigenvalue weighted by molar-refractivity contribution is 0.972. The van der Waals surface area contributed by atoms with Gasteiger partial charge in [0.15, 0.2) is 0 Å². The number of allylic oxidation sites excluding steroid dienone is 1. The molecular weight excluding hydrogens is 146 g/mol. The van der Waals surface area contributed by atoms with Crippen LogP contribution in [0.3, 0.4) is 0 Å². The van der Waals surface area contributed by atoms with Crippen LogP contribution in [-0.2, 0) is 0 Å². The van der Waals surface area contributed by atoms with E-state index in [-0.39, 0.29) is 0 Å². The van der Waals surface area contributed by atoms with Crippen LogP contribution in [0.15, 0.2) is 30.9 Å². The van der Waals surface area contributed by atoms with Gasteiger partial charge in [-0.25, -0.2) is 0 Å². The molecule has 1 heteroatoms. The van der Waals surface area contributed by atoms with Gasteiger partial charge in [-0.15, -0.1) is 6.58 Å². The summed E-state index contributed by atoms with van der Waals surface area (Å²) in [4.78, 5) is 0. The average molecular weight is 161 g/mol. The molecule has 0 spiro atoms. The summed E-state index contributed by atoms with van der Waals surface area (Å²) < 4.78 is 0. The van der Waals surface area contributed by atoms with Crippen LogP contribution in [0.4, 0.5) is 5.69 Å². The number of para-hydroxylation sites is 1. The zero-order chi connectivity index (χ0) is 9.14. The Morgan fingerprint density at radius 3 is 2.75 bits per heavy atom. The zero-order valence-corrected chi connectivity index (χ0v) is 7.67. The van der Waals surface area contributed by atoms with Gasteiger partial charge in [-0.3, -0.25) is 0 Å². The number of benzene rings is 1. The number of anilines is 1. The molecule has 0 aliphatic heterocycles. The SMILES string of the molecule is C=CC(C)c1cccc(C)c1N. The molecule has 0 amide bonds. The van der Waals surface area contributed by atoms with Crippen LogP contribution in [0.2, 0.25) is 0 Å². The Bertz CT molecular complexity index is 289. The van der Waals surface area contributed by atoms with Crippen LogP contribution >= 0.6 is 0 Å². The molecule has 0 saturated carbocycles. The Hall–Kier alpha value is -1.24. The molecule has 0 saturated heterocycles. The standard InChI is InChI=1S/C11H15N/c1-4-8(2)10-7-5-6-9(3)11(10)12/h4-8H,1,12H2,2-3H3. The van der Waals surface area contributed by atoms with E-state index >= 15 is 0 Å². The maximum Gasteiger partial charge on any atom is 0.0382 e. The minimum atomic E-state index is 0.338. The Kier molecular flexibility index (Phi) is 2.54. The lowest BCUT2D eigenvalue weighted by Gasteiger charge is -2.11. The summed E-state index contributed by atoms with van der Waals surface area (Å²) in [5, 5.41) is 0. The van der Waals surface area contributed by atoms with Gasteiger partial charge in [0.05, 0.1) is 0 Å². The van der Waals surface area contributed by atoms with E-state index in [1.54, 1.807) is 0 Å². The molecule has 0 heterocycles. The van der Waals surface area contributed by atoms with Crippen molar-refractivity contribution in [1.82, 2.24) is 0 Å². The molecule has 2 N–H and O–H groups in total. The summed E-state index contributed by atoms with van der Waals surface area (Å²) in [6.07, 6.45) is 1.91. The highest BCUT2D eigenvalue weighted by atomic mass is 14.6. The van der Waals surface area contributed by atoms with Crippen molar-refractivity contribution >= 4 is 5.69 Å². The number of hydrogen-bond acceptors (Lipinski definition) is 1. The molecule has 64 valence electrons. The van der Waals surface area contributed by atoms with E-state index in [2.05, 4.69) is 19.6 Å². The fraction of sp³-hybridized carbons (Fsp3) is 0.273. The van der Waals surface area contributed by atoms with Gasteiger partial charge < -0.3 is 5.73 Å². The molecule has 1 aromatic rings. The van der Waals surface area contributed by atoms with Crippen molar-refractivity contribution in [2.45, 2.75) is 19.8 Å². The van der Waals surface area contributed by atoms with Crippen molar-refractivity contribution in [1.29, 1.82) is 0 Å². The lowest BCUT2D eigenvalue weighted by Crippen LogP contribution is -1.98. The van der Waals surface area contributed by atoms with Crippen molar-refractivity contribution in [2.75, 3.05) is 5.73 Å². The van der Waals surface area contributed by atoms with Gasteiger partial charge in [0.25, 0.3) is 0 Å². The normalized spacial score (nSPS) is 12.5. The number of rotatable bonds is 2. The fourth-order valence-corrected chi connectivity index (χ4v) is 1.23. The van der Waals surface area contributed by atoms with Gasteiger partial charge in [-0.1, -0.05) is 31.2 Å². The van der Waals surface area contributed by atoms with E-state index in [4.69, 9.17) is 5.73 Å². The van der Waals surface area contributed by atoms with Gasteiger partial charge >= 0.3 is 0 Å². The van der Waals surface area contributed by atoms with Crippen molar-refractivity contribution < 1.29 is 0 Å². The van der Waals surface area contributed by atoms with Crippen molar-refractivity contribution in [3.05, 3.63) is 42.0 Å². The van der Waals surface area contributed by atoms with Crippen LogP contribution in [0, 0.1) is 6.92 Å². The molecule has 0 aliphatic carbocycles. The molecule has 0 bridgehead atoms. The highest BCUT2D eigenvalue weighted by molar-refractivity contribution is 5.55. The van der Waals surface area contributed by atoms with Gasteiger partial charge in [0.2, 0.25) is 0 Å². The Labute approximate surface area is 73.9 Å². The zero-order valence-electron chi connectivity index (χ0n) is 7.67. The summed E-state index contributed by atoms with van der Waals surface area (Å²) in [7, 11) is 0. The average Bonchev–Trinajstić information content (AvgIpc) is 2.08. The largest absolute Gasteiger partial charge is 0.398 e. The fourth-order valence-electron chi connectivity index (χ4n) is 1.23. The number of nitrogens with two attached hydrogens (primary N) is 1. The molecule has 0 aliphatic rings. The predicted octanol–water partition coefficient (Wildman–Crippen LogP) is 2.87. The summed E-state index contributed by atoms with van der Waals surface area (Å²) in [5.74, 6) is 0.338. The molecule has 12 heavy (non-hydrogen) atoms. The first-order valence-electron chi connectivity index (χ1n) is 4.14. The third kappa shape index (κ3) is 1.50.